The Bertz CT molecular complexity index is 1080. The molecule has 29 heavy (non-hydrogen) atoms. The number of hydrogen-bond donors (Lipinski definition) is 1. The number of unbranched alkanes of at least 4 members (excludes halogenated alkanes) is 1. The van der Waals surface area contributed by atoms with Crippen molar-refractivity contribution in [2.75, 3.05) is 5.32 Å². The molecule has 1 amide bonds. The smallest absolute Gasteiger partial charge is 0.224 e. The summed E-state index contributed by atoms with van der Waals surface area (Å²) in [5, 5.41) is 12.3. The molecule has 0 aliphatic carbocycles. The van der Waals surface area contributed by atoms with Gasteiger partial charge in [-0.2, -0.15) is 0 Å². The largest absolute Gasteiger partial charge is 0.326 e. The lowest BCUT2D eigenvalue weighted by atomic mass is 10.1. The van der Waals surface area contributed by atoms with Crippen LogP contribution in [0.4, 0.5) is 5.69 Å². The summed E-state index contributed by atoms with van der Waals surface area (Å²) in [6.07, 6.45) is 4.92. The van der Waals surface area contributed by atoms with Gasteiger partial charge < -0.3 is 9.88 Å². The molecule has 0 fully saturated rings. The van der Waals surface area contributed by atoms with Gasteiger partial charge >= 0.3 is 0 Å². The maximum Gasteiger partial charge on any atom is 0.224 e. The molecule has 2 aromatic heterocycles. The van der Waals surface area contributed by atoms with Crippen LogP contribution in [0.5, 0.6) is 0 Å². The second kappa shape index (κ2) is 8.96. The zero-order valence-electron chi connectivity index (χ0n) is 16.3. The van der Waals surface area contributed by atoms with Crippen molar-refractivity contribution >= 4 is 33.1 Å². The van der Waals surface area contributed by atoms with E-state index in [0.717, 1.165) is 53.4 Å². The van der Waals surface area contributed by atoms with Gasteiger partial charge in [-0.1, -0.05) is 24.3 Å². The number of anilines is 1. The number of carbonyl (C=O) groups is 1. The third-order valence-corrected chi connectivity index (χ3v) is 5.84. The number of hydrogen-bond acceptors (Lipinski definition) is 5. The quantitative estimate of drug-likeness (QED) is 0.422. The molecule has 4 rings (SSSR count). The van der Waals surface area contributed by atoms with Gasteiger partial charge in [0.05, 0.1) is 15.2 Å². The molecule has 0 unspecified atom stereocenters. The molecule has 0 atom stereocenters. The first-order valence-corrected chi connectivity index (χ1v) is 10.7. The van der Waals surface area contributed by atoms with Crippen molar-refractivity contribution in [3.05, 3.63) is 59.9 Å². The zero-order chi connectivity index (χ0) is 20.1. The van der Waals surface area contributed by atoms with E-state index in [1.54, 1.807) is 17.7 Å². The molecule has 0 spiro atoms. The Morgan fingerprint density at radius 1 is 1.14 bits per heavy atom. The van der Waals surface area contributed by atoms with E-state index in [2.05, 4.69) is 26.6 Å². The van der Waals surface area contributed by atoms with E-state index < -0.39 is 0 Å². The number of benzene rings is 2. The topological polar surface area (TPSA) is 72.7 Å². The molecule has 0 radical (unpaired) electrons. The maximum atomic E-state index is 12.3. The Morgan fingerprint density at radius 3 is 2.90 bits per heavy atom. The number of aryl methyl sites for hydroxylation is 2. The van der Waals surface area contributed by atoms with Gasteiger partial charge in [0.1, 0.15) is 6.33 Å². The fourth-order valence-corrected chi connectivity index (χ4v) is 4.27. The lowest BCUT2D eigenvalue weighted by Crippen LogP contribution is -2.11. The second-order valence-corrected chi connectivity index (χ2v) is 7.97. The molecule has 0 saturated carbocycles. The van der Waals surface area contributed by atoms with Gasteiger partial charge in [-0.3, -0.25) is 4.79 Å². The molecular formula is C22H23N5OS. The molecule has 7 heteroatoms. The third kappa shape index (κ3) is 4.68. The Hall–Kier alpha value is -3.06. The van der Waals surface area contributed by atoms with Gasteiger partial charge in [0.25, 0.3) is 0 Å². The number of carbonyl (C=O) groups excluding carboxylic acids is 1. The van der Waals surface area contributed by atoms with Gasteiger partial charge in [-0.25, -0.2) is 4.98 Å². The molecule has 0 aliphatic heterocycles. The molecule has 2 heterocycles. The predicted octanol–water partition coefficient (Wildman–Crippen LogP) is 4.93. The number of amides is 1. The molecule has 4 aromatic rings. The fourth-order valence-electron chi connectivity index (χ4n) is 3.26. The summed E-state index contributed by atoms with van der Waals surface area (Å²) in [6.45, 7) is 2.85. The van der Waals surface area contributed by atoms with E-state index >= 15 is 0 Å². The van der Waals surface area contributed by atoms with E-state index in [1.807, 2.05) is 54.0 Å². The first-order chi connectivity index (χ1) is 14.2. The van der Waals surface area contributed by atoms with Crippen molar-refractivity contribution in [3.8, 4) is 11.4 Å². The summed E-state index contributed by atoms with van der Waals surface area (Å²) in [7, 11) is 0. The van der Waals surface area contributed by atoms with E-state index in [4.69, 9.17) is 0 Å². The molecule has 6 nitrogen and oxygen atoms in total. The van der Waals surface area contributed by atoms with Gasteiger partial charge in [-0.15, -0.1) is 21.5 Å². The summed E-state index contributed by atoms with van der Waals surface area (Å²) < 4.78 is 3.20. The fraction of sp³-hybridized carbons (Fsp3) is 0.273. The number of nitrogens with zero attached hydrogens (tertiary/aromatic N) is 4. The molecular weight excluding hydrogens is 382 g/mol. The Labute approximate surface area is 173 Å². The molecule has 0 aliphatic rings. The zero-order valence-corrected chi connectivity index (χ0v) is 17.2. The number of fused-ring (bicyclic) bond motifs is 1. The lowest BCUT2D eigenvalue weighted by molar-refractivity contribution is -0.116. The van der Waals surface area contributed by atoms with Gasteiger partial charge in [0, 0.05) is 24.2 Å². The van der Waals surface area contributed by atoms with Gasteiger partial charge in [0.15, 0.2) is 5.82 Å². The maximum absolute atomic E-state index is 12.3. The van der Waals surface area contributed by atoms with Crippen molar-refractivity contribution in [2.24, 2.45) is 0 Å². The number of aromatic nitrogens is 4. The highest BCUT2D eigenvalue weighted by Crippen LogP contribution is 2.23. The van der Waals surface area contributed by atoms with E-state index in [-0.39, 0.29) is 5.91 Å². The molecule has 0 bridgehead atoms. The number of thiazole rings is 1. The normalized spacial score (nSPS) is 11.1. The number of rotatable bonds is 8. The summed E-state index contributed by atoms with van der Waals surface area (Å²) in [5.41, 5.74) is 2.78. The average Bonchev–Trinajstić information content (AvgIpc) is 3.37. The highest BCUT2D eigenvalue weighted by molar-refractivity contribution is 7.18. The van der Waals surface area contributed by atoms with Gasteiger partial charge in [-0.05, 0) is 50.5 Å². The first-order valence-electron chi connectivity index (χ1n) is 9.85. The minimum absolute atomic E-state index is 0.0309. The van der Waals surface area contributed by atoms with Crippen LogP contribution in [0.1, 0.15) is 31.2 Å². The van der Waals surface area contributed by atoms with Crippen LogP contribution in [-0.2, 0) is 17.8 Å². The van der Waals surface area contributed by atoms with Crippen LogP contribution < -0.4 is 5.32 Å². The Balaban J connectivity index is 1.28. The molecule has 0 saturated heterocycles. The monoisotopic (exact) mass is 405 g/mol. The van der Waals surface area contributed by atoms with Crippen molar-refractivity contribution in [1.29, 1.82) is 0 Å². The lowest BCUT2D eigenvalue weighted by Gasteiger charge is -2.08. The summed E-state index contributed by atoms with van der Waals surface area (Å²) in [6, 6.07) is 15.9. The third-order valence-electron chi connectivity index (χ3n) is 4.74. The minimum atomic E-state index is 0.0309. The van der Waals surface area contributed by atoms with Crippen molar-refractivity contribution < 1.29 is 4.79 Å². The van der Waals surface area contributed by atoms with Crippen LogP contribution in [-0.4, -0.2) is 25.7 Å². The number of para-hydroxylation sites is 1. The molecule has 148 valence electrons. The highest BCUT2D eigenvalue weighted by Gasteiger charge is 2.09. The summed E-state index contributed by atoms with van der Waals surface area (Å²) in [5.74, 6) is 0.836. The number of nitrogens with one attached hydrogen (secondary N) is 1. The summed E-state index contributed by atoms with van der Waals surface area (Å²) >= 11 is 1.74. The van der Waals surface area contributed by atoms with Crippen LogP contribution in [0.2, 0.25) is 0 Å². The van der Waals surface area contributed by atoms with Crippen LogP contribution in [0.25, 0.3) is 21.6 Å². The van der Waals surface area contributed by atoms with Crippen LogP contribution in [0.15, 0.2) is 54.9 Å². The molecule has 2 aromatic carbocycles. The van der Waals surface area contributed by atoms with Crippen molar-refractivity contribution in [2.45, 2.75) is 39.2 Å². The van der Waals surface area contributed by atoms with Crippen molar-refractivity contribution in [1.82, 2.24) is 19.7 Å². The van der Waals surface area contributed by atoms with E-state index in [0.29, 0.717) is 6.42 Å². The standard InChI is InChI=1S/C22H23N5OS/c1-2-27-15-23-26-22(27)16-8-7-9-17(14-16)24-20(28)12-5-6-13-21-25-18-10-3-4-11-19(18)29-21/h3-4,7-11,14-15H,2,5-6,12-13H2,1H3,(H,24,28). The van der Waals surface area contributed by atoms with Crippen molar-refractivity contribution in [3.63, 3.8) is 0 Å². The van der Waals surface area contributed by atoms with Crippen LogP contribution >= 0.6 is 11.3 Å². The van der Waals surface area contributed by atoms with Crippen LogP contribution in [0, 0.1) is 0 Å². The SMILES string of the molecule is CCn1cnnc1-c1cccc(NC(=O)CCCCc2nc3ccccc3s2)c1. The van der Waals surface area contributed by atoms with Crippen LogP contribution in [0.3, 0.4) is 0 Å². The Kier molecular flexibility index (Phi) is 5.95. The highest BCUT2D eigenvalue weighted by atomic mass is 32.1. The van der Waals surface area contributed by atoms with E-state index in [1.165, 1.54) is 4.70 Å². The van der Waals surface area contributed by atoms with Gasteiger partial charge in [0.2, 0.25) is 5.91 Å². The summed E-state index contributed by atoms with van der Waals surface area (Å²) in [4.78, 5) is 17.0. The second-order valence-electron chi connectivity index (χ2n) is 6.85. The predicted molar refractivity (Wildman–Crippen MR) is 117 cm³/mol. The molecule has 1 N–H and O–H groups in total. The minimum Gasteiger partial charge on any atom is -0.326 e. The first kappa shape index (κ1) is 19.3. The Morgan fingerprint density at radius 2 is 2.03 bits per heavy atom. The van der Waals surface area contributed by atoms with E-state index in [9.17, 15) is 4.79 Å². The average molecular weight is 406 g/mol.